The van der Waals surface area contributed by atoms with Gasteiger partial charge in [0.1, 0.15) is 11.5 Å². The lowest BCUT2D eigenvalue weighted by Gasteiger charge is -2.25. The molecule has 1 aliphatic rings. The van der Waals surface area contributed by atoms with Gasteiger partial charge in [0.25, 0.3) is 0 Å². The minimum absolute atomic E-state index is 0.278. The van der Waals surface area contributed by atoms with Crippen LogP contribution in [0.4, 0.5) is 0 Å². The van der Waals surface area contributed by atoms with E-state index < -0.39 is 0 Å². The summed E-state index contributed by atoms with van der Waals surface area (Å²) < 4.78 is 5.25. The molecule has 2 heteroatoms. The molecule has 1 atom stereocenters. The summed E-state index contributed by atoms with van der Waals surface area (Å²) in [6.45, 7) is 1.68. The molecule has 0 N–H and O–H groups in total. The van der Waals surface area contributed by atoms with Crippen molar-refractivity contribution >= 4 is 5.78 Å². The highest BCUT2D eigenvalue weighted by Crippen LogP contribution is 2.36. The number of aryl methyl sites for hydroxylation is 1. The molecule has 1 aromatic rings. The van der Waals surface area contributed by atoms with Gasteiger partial charge in [-0.05, 0) is 55.4 Å². The second-order valence-electron chi connectivity index (χ2n) is 4.56. The Hall–Kier alpha value is -1.31. The maximum Gasteiger partial charge on any atom is 0.130 e. The van der Waals surface area contributed by atoms with Crippen molar-refractivity contribution in [3.05, 3.63) is 29.3 Å². The van der Waals surface area contributed by atoms with E-state index in [1.54, 1.807) is 14.0 Å². The van der Waals surface area contributed by atoms with Crippen LogP contribution < -0.4 is 4.74 Å². The first kappa shape index (κ1) is 11.2. The van der Waals surface area contributed by atoms with Crippen LogP contribution in [-0.4, -0.2) is 12.9 Å². The average Bonchev–Trinajstić information content (AvgIpc) is 2.28. The third-order valence-electron chi connectivity index (χ3n) is 3.33. The summed E-state index contributed by atoms with van der Waals surface area (Å²) in [5, 5.41) is 0. The largest absolute Gasteiger partial charge is 0.497 e. The maximum atomic E-state index is 11.2. The second kappa shape index (κ2) is 4.69. The molecule has 0 saturated carbocycles. The molecule has 16 heavy (non-hydrogen) atoms. The van der Waals surface area contributed by atoms with E-state index in [4.69, 9.17) is 4.74 Å². The molecule has 0 amide bonds. The van der Waals surface area contributed by atoms with Gasteiger partial charge in [-0.15, -0.1) is 0 Å². The van der Waals surface area contributed by atoms with Crippen LogP contribution in [0.5, 0.6) is 5.75 Å². The summed E-state index contributed by atoms with van der Waals surface area (Å²) in [6.07, 6.45) is 4.12. The van der Waals surface area contributed by atoms with Crippen molar-refractivity contribution in [2.24, 2.45) is 0 Å². The predicted octanol–water partition coefficient (Wildman–Crippen LogP) is 3.09. The first-order valence-electron chi connectivity index (χ1n) is 5.87. The number of methoxy groups -OCH3 is 1. The molecule has 0 bridgehead atoms. The van der Waals surface area contributed by atoms with Crippen molar-refractivity contribution in [3.63, 3.8) is 0 Å². The van der Waals surface area contributed by atoms with Crippen molar-refractivity contribution in [2.75, 3.05) is 7.11 Å². The third kappa shape index (κ3) is 2.26. The minimum atomic E-state index is 0.278. The number of hydrogen-bond donors (Lipinski definition) is 0. The van der Waals surface area contributed by atoms with Crippen molar-refractivity contribution in [1.82, 2.24) is 0 Å². The fourth-order valence-electron chi connectivity index (χ4n) is 2.56. The van der Waals surface area contributed by atoms with E-state index in [2.05, 4.69) is 12.1 Å². The molecule has 0 saturated heterocycles. The topological polar surface area (TPSA) is 26.3 Å². The zero-order valence-electron chi connectivity index (χ0n) is 9.95. The van der Waals surface area contributed by atoms with Crippen molar-refractivity contribution in [3.8, 4) is 5.75 Å². The number of carbonyl (C=O) groups is 1. The van der Waals surface area contributed by atoms with E-state index in [0.717, 1.165) is 18.6 Å². The van der Waals surface area contributed by atoms with E-state index in [1.165, 1.54) is 17.5 Å². The second-order valence-corrected chi connectivity index (χ2v) is 4.56. The number of carbonyl (C=O) groups excluding carboxylic acids is 1. The quantitative estimate of drug-likeness (QED) is 0.779. The molecule has 1 aromatic carbocycles. The average molecular weight is 218 g/mol. The number of hydrogen-bond acceptors (Lipinski definition) is 2. The minimum Gasteiger partial charge on any atom is -0.497 e. The Kier molecular flexibility index (Phi) is 3.28. The Morgan fingerprint density at radius 2 is 2.31 bits per heavy atom. The van der Waals surface area contributed by atoms with E-state index in [-0.39, 0.29) is 5.78 Å². The number of Topliss-reactive ketones (excluding diaryl/α,β-unsaturated/α-hetero) is 1. The summed E-state index contributed by atoms with van der Waals surface area (Å²) in [4.78, 5) is 11.2. The maximum absolute atomic E-state index is 11.2. The number of ketones is 1. The van der Waals surface area contributed by atoms with Crippen LogP contribution in [0.15, 0.2) is 18.2 Å². The van der Waals surface area contributed by atoms with Crippen LogP contribution in [0.25, 0.3) is 0 Å². The first-order valence-corrected chi connectivity index (χ1v) is 5.87. The zero-order valence-corrected chi connectivity index (χ0v) is 9.95. The first-order chi connectivity index (χ1) is 7.70. The van der Waals surface area contributed by atoms with Gasteiger partial charge >= 0.3 is 0 Å². The number of ether oxygens (including phenoxy) is 1. The van der Waals surface area contributed by atoms with Gasteiger partial charge in [0.15, 0.2) is 0 Å². The molecule has 0 aromatic heterocycles. The Morgan fingerprint density at radius 3 is 3.00 bits per heavy atom. The molecule has 1 aliphatic carbocycles. The van der Waals surface area contributed by atoms with E-state index in [9.17, 15) is 4.79 Å². The van der Waals surface area contributed by atoms with Crippen LogP contribution in [-0.2, 0) is 11.2 Å². The van der Waals surface area contributed by atoms with E-state index >= 15 is 0 Å². The zero-order chi connectivity index (χ0) is 11.5. The fraction of sp³-hybridized carbons (Fsp3) is 0.500. The molecule has 86 valence electrons. The van der Waals surface area contributed by atoms with Crippen LogP contribution in [0, 0.1) is 0 Å². The molecule has 2 rings (SSSR count). The molecule has 0 heterocycles. The normalized spacial score (nSPS) is 19.0. The van der Waals surface area contributed by atoms with Crippen LogP contribution in [0.2, 0.25) is 0 Å². The Morgan fingerprint density at radius 1 is 1.50 bits per heavy atom. The molecule has 0 fully saturated rings. The molecular weight excluding hydrogens is 200 g/mol. The number of rotatable bonds is 3. The van der Waals surface area contributed by atoms with Gasteiger partial charge in [-0.1, -0.05) is 6.07 Å². The SMILES string of the molecule is COc1ccc2c(c1)C(CC(C)=O)CCC2. The van der Waals surface area contributed by atoms with Gasteiger partial charge in [-0.2, -0.15) is 0 Å². The highest BCUT2D eigenvalue weighted by molar-refractivity contribution is 5.76. The Labute approximate surface area is 96.6 Å². The monoisotopic (exact) mass is 218 g/mol. The smallest absolute Gasteiger partial charge is 0.130 e. The van der Waals surface area contributed by atoms with Gasteiger partial charge in [-0.3, -0.25) is 0 Å². The lowest BCUT2D eigenvalue weighted by atomic mass is 9.80. The van der Waals surface area contributed by atoms with Crippen LogP contribution >= 0.6 is 0 Å². The predicted molar refractivity (Wildman–Crippen MR) is 64.0 cm³/mol. The summed E-state index contributed by atoms with van der Waals surface area (Å²) in [5.74, 6) is 1.58. The van der Waals surface area contributed by atoms with Crippen LogP contribution in [0.1, 0.15) is 43.2 Å². The van der Waals surface area contributed by atoms with Gasteiger partial charge < -0.3 is 9.53 Å². The van der Waals surface area contributed by atoms with Gasteiger partial charge in [-0.25, -0.2) is 0 Å². The molecule has 0 radical (unpaired) electrons. The van der Waals surface area contributed by atoms with Crippen LogP contribution in [0.3, 0.4) is 0 Å². The van der Waals surface area contributed by atoms with E-state index in [0.29, 0.717) is 12.3 Å². The van der Waals surface area contributed by atoms with Crippen molar-refractivity contribution < 1.29 is 9.53 Å². The number of fused-ring (bicyclic) bond motifs is 1. The summed E-state index contributed by atoms with van der Waals surface area (Å²) >= 11 is 0. The third-order valence-corrected chi connectivity index (χ3v) is 3.33. The molecule has 0 aliphatic heterocycles. The van der Waals surface area contributed by atoms with Gasteiger partial charge in [0.2, 0.25) is 0 Å². The summed E-state index contributed by atoms with van der Waals surface area (Å²) in [5.41, 5.74) is 2.71. The van der Waals surface area contributed by atoms with Crippen molar-refractivity contribution in [1.29, 1.82) is 0 Å². The Bertz CT molecular complexity index is 396. The van der Waals surface area contributed by atoms with Crippen molar-refractivity contribution in [2.45, 2.75) is 38.5 Å². The molecule has 2 nitrogen and oxygen atoms in total. The fourth-order valence-corrected chi connectivity index (χ4v) is 2.56. The van der Waals surface area contributed by atoms with E-state index in [1.807, 2.05) is 6.07 Å². The lowest BCUT2D eigenvalue weighted by Crippen LogP contribution is -2.12. The molecule has 0 spiro atoms. The highest BCUT2D eigenvalue weighted by atomic mass is 16.5. The van der Waals surface area contributed by atoms with Gasteiger partial charge in [0, 0.05) is 6.42 Å². The standard InChI is InChI=1S/C14H18O2/c1-10(15)8-12-5-3-4-11-6-7-13(16-2)9-14(11)12/h6-7,9,12H,3-5,8H2,1-2H3. The highest BCUT2D eigenvalue weighted by Gasteiger charge is 2.21. The van der Waals surface area contributed by atoms with Gasteiger partial charge in [0.05, 0.1) is 7.11 Å². The number of benzene rings is 1. The molecule has 1 unspecified atom stereocenters. The lowest BCUT2D eigenvalue weighted by molar-refractivity contribution is -0.117. The molecular formula is C14H18O2. The summed E-state index contributed by atoms with van der Waals surface area (Å²) in [6, 6.07) is 6.25. The Balaban J connectivity index is 2.31. The summed E-state index contributed by atoms with van der Waals surface area (Å²) in [7, 11) is 1.69.